The highest BCUT2D eigenvalue weighted by Crippen LogP contribution is 2.35. The molecule has 0 saturated heterocycles. The lowest BCUT2D eigenvalue weighted by atomic mass is 10.1. The molecule has 0 aliphatic rings. The molecule has 0 spiro atoms. The molecule has 0 fully saturated rings. The number of anilines is 2. The highest BCUT2D eigenvalue weighted by molar-refractivity contribution is 6.07. The van der Waals surface area contributed by atoms with Crippen LogP contribution < -0.4 is 15.4 Å². The predicted molar refractivity (Wildman–Crippen MR) is 107 cm³/mol. The van der Waals surface area contributed by atoms with E-state index in [0.29, 0.717) is 6.07 Å². The van der Waals surface area contributed by atoms with Crippen molar-refractivity contribution in [2.75, 3.05) is 10.7 Å². The molecule has 0 radical (unpaired) electrons. The van der Waals surface area contributed by atoms with Crippen LogP contribution in [0.25, 0.3) is 0 Å². The number of amides is 1. The third-order valence-corrected chi connectivity index (χ3v) is 4.38. The Morgan fingerprint density at radius 1 is 1.00 bits per heavy atom. The summed E-state index contributed by atoms with van der Waals surface area (Å²) in [7, 11) is 0. The first-order valence-electron chi connectivity index (χ1n) is 9.06. The topological polar surface area (TPSA) is 82.4 Å². The van der Waals surface area contributed by atoms with Crippen molar-refractivity contribution in [2.24, 2.45) is 0 Å². The van der Waals surface area contributed by atoms with Crippen LogP contribution in [0.4, 0.5) is 33.5 Å². The molecule has 0 unspecified atom stereocenters. The Morgan fingerprint density at radius 2 is 1.70 bits per heavy atom. The number of ketones is 1. The molecular formula is C22H12F5N3O3. The van der Waals surface area contributed by atoms with E-state index in [2.05, 4.69) is 5.32 Å². The quantitative estimate of drug-likeness (QED) is 0.285. The van der Waals surface area contributed by atoms with E-state index in [0.717, 1.165) is 49.4 Å². The van der Waals surface area contributed by atoms with Gasteiger partial charge in [0.25, 0.3) is 5.91 Å². The maximum absolute atomic E-state index is 14.9. The van der Waals surface area contributed by atoms with Gasteiger partial charge in [0.1, 0.15) is 40.5 Å². The Bertz CT molecular complexity index is 1310. The van der Waals surface area contributed by atoms with E-state index in [1.54, 1.807) is 6.07 Å². The monoisotopic (exact) mass is 461 g/mol. The van der Waals surface area contributed by atoms with Gasteiger partial charge in [-0.15, -0.1) is 0 Å². The molecule has 0 heterocycles. The van der Waals surface area contributed by atoms with Gasteiger partial charge >= 0.3 is 0 Å². The second-order valence-electron chi connectivity index (χ2n) is 6.56. The molecule has 3 aromatic rings. The molecule has 0 aromatic heterocycles. The highest BCUT2D eigenvalue weighted by atomic mass is 19.4. The zero-order valence-electron chi connectivity index (χ0n) is 16.6. The number of hydrogen-bond donors (Lipinski definition) is 1. The van der Waals surface area contributed by atoms with Gasteiger partial charge in [0.2, 0.25) is 0 Å². The van der Waals surface area contributed by atoms with Gasteiger partial charge in [0, 0.05) is 5.69 Å². The Hall–Kier alpha value is -4.46. The smallest absolute Gasteiger partial charge is 0.262 e. The number of halogens is 5. The second kappa shape index (κ2) is 9.35. The molecule has 11 heteroatoms. The third kappa shape index (κ3) is 4.90. The maximum atomic E-state index is 14.9. The lowest BCUT2D eigenvalue weighted by Gasteiger charge is -2.15. The van der Waals surface area contributed by atoms with Crippen molar-refractivity contribution in [2.45, 2.75) is 6.92 Å². The molecule has 3 aromatic carbocycles. The third-order valence-electron chi connectivity index (χ3n) is 4.38. The number of nitriles is 1. The van der Waals surface area contributed by atoms with E-state index in [9.17, 15) is 31.7 Å². The number of carbonyl (C=O) groups excluding carboxylic acids is 2. The summed E-state index contributed by atoms with van der Waals surface area (Å²) >= 11 is 0. The number of carbonyl (C=O) groups is 2. The summed E-state index contributed by atoms with van der Waals surface area (Å²) in [6, 6.07) is 8.90. The summed E-state index contributed by atoms with van der Waals surface area (Å²) < 4.78 is 73.5. The van der Waals surface area contributed by atoms with Crippen LogP contribution in [0.5, 0.6) is 11.5 Å². The molecule has 1 amide bonds. The molecular weight excluding hydrogens is 449 g/mol. The average Bonchev–Trinajstić information content (AvgIpc) is 2.75. The van der Waals surface area contributed by atoms with Crippen molar-refractivity contribution in [3.63, 3.8) is 0 Å². The molecule has 6 nitrogen and oxygen atoms in total. The van der Waals surface area contributed by atoms with Crippen LogP contribution in [-0.4, -0.2) is 11.7 Å². The lowest BCUT2D eigenvalue weighted by Crippen LogP contribution is -2.17. The lowest BCUT2D eigenvalue weighted by molar-refractivity contribution is 0.100. The summed E-state index contributed by atoms with van der Waals surface area (Å²) in [5.41, 5.74) is -3.01. The number of nitrogens with zero attached hydrogens (tertiary/aromatic N) is 2. The van der Waals surface area contributed by atoms with E-state index >= 15 is 0 Å². The molecule has 33 heavy (non-hydrogen) atoms. The van der Waals surface area contributed by atoms with Gasteiger partial charge in [0.15, 0.2) is 11.6 Å². The fourth-order valence-corrected chi connectivity index (χ4v) is 2.84. The molecule has 0 saturated carbocycles. The summed E-state index contributed by atoms with van der Waals surface area (Å²) in [5.74, 6) is -6.03. The predicted octanol–water partition coefficient (Wildman–Crippen LogP) is 5.80. The summed E-state index contributed by atoms with van der Waals surface area (Å²) in [4.78, 5) is 24.3. The molecule has 1 N–H and O–H groups in total. The molecule has 0 bridgehead atoms. The van der Waals surface area contributed by atoms with Crippen LogP contribution in [0.2, 0.25) is 0 Å². The Kier molecular flexibility index (Phi) is 6.58. The number of benzene rings is 3. The first-order chi connectivity index (χ1) is 15.6. The molecule has 0 aliphatic carbocycles. The molecule has 0 atom stereocenters. The van der Waals surface area contributed by atoms with Gasteiger partial charge in [0.05, 0.1) is 11.1 Å². The normalized spacial score (nSPS) is 10.3. The Labute approximate surface area is 183 Å². The van der Waals surface area contributed by atoms with Crippen LogP contribution >= 0.6 is 0 Å². The Balaban J connectivity index is 2.07. The highest BCUT2D eigenvalue weighted by Gasteiger charge is 2.26. The summed E-state index contributed by atoms with van der Waals surface area (Å²) in [6.45, 7) is 1.09. The zero-order chi connectivity index (χ0) is 24.3. The SMILES string of the molecule is CC(=O)c1cc(NC(=O)c2c(Oc3ccc(F)cc3C#N)ccc(N(F)F)c2F)ccc1F. The molecule has 168 valence electrons. The number of rotatable bonds is 6. The minimum atomic E-state index is -1.66. The fourth-order valence-electron chi connectivity index (χ4n) is 2.84. The minimum absolute atomic E-state index is 0.126. The zero-order valence-corrected chi connectivity index (χ0v) is 16.6. The standard InChI is InChI=1S/C22H12F5N3O3/c1-11(31)15-9-14(3-4-16(15)24)29-22(32)20-19(7-5-17(21(20)25)30(26)27)33-18-6-2-13(23)8-12(18)10-28/h2-9H,1H3,(H,29,32). The van der Waals surface area contributed by atoms with Gasteiger partial charge < -0.3 is 10.1 Å². The molecule has 3 rings (SSSR count). The summed E-state index contributed by atoms with van der Waals surface area (Å²) in [5, 5.41) is 9.77. The average molecular weight is 461 g/mol. The van der Waals surface area contributed by atoms with Crippen molar-refractivity contribution < 1.29 is 36.5 Å². The summed E-state index contributed by atoms with van der Waals surface area (Å²) in [6.07, 6.45) is 0. The first-order valence-corrected chi connectivity index (χ1v) is 9.06. The fraction of sp³-hybridized carbons (Fsp3) is 0.0455. The number of hydrogen-bond acceptors (Lipinski definition) is 5. The Morgan fingerprint density at radius 3 is 2.33 bits per heavy atom. The van der Waals surface area contributed by atoms with Crippen LogP contribution in [0.15, 0.2) is 48.5 Å². The number of Topliss-reactive ketones (excluding diaryl/α,β-unsaturated/α-hetero) is 1. The van der Waals surface area contributed by atoms with Gasteiger partial charge in [-0.05, 0) is 60.8 Å². The molecule has 0 aliphatic heterocycles. The second-order valence-corrected chi connectivity index (χ2v) is 6.56. The van der Waals surface area contributed by atoms with Gasteiger partial charge in [-0.2, -0.15) is 5.26 Å². The van der Waals surface area contributed by atoms with Crippen molar-refractivity contribution in [3.8, 4) is 17.6 Å². The number of ether oxygens (including phenoxy) is 1. The van der Waals surface area contributed by atoms with Crippen molar-refractivity contribution in [1.82, 2.24) is 0 Å². The van der Waals surface area contributed by atoms with Crippen molar-refractivity contribution in [1.29, 1.82) is 5.26 Å². The van der Waals surface area contributed by atoms with E-state index in [1.807, 2.05) is 0 Å². The van der Waals surface area contributed by atoms with E-state index in [4.69, 9.17) is 10.00 Å². The van der Waals surface area contributed by atoms with Gasteiger partial charge in [-0.25, -0.2) is 13.2 Å². The van der Waals surface area contributed by atoms with Crippen LogP contribution in [-0.2, 0) is 0 Å². The first kappa shape index (κ1) is 23.2. The van der Waals surface area contributed by atoms with E-state index < -0.39 is 51.5 Å². The minimum Gasteiger partial charge on any atom is -0.455 e. The van der Waals surface area contributed by atoms with Gasteiger partial charge in [-0.3, -0.25) is 9.59 Å². The maximum Gasteiger partial charge on any atom is 0.262 e. The van der Waals surface area contributed by atoms with Gasteiger partial charge in [-0.1, -0.05) is 8.96 Å². The van der Waals surface area contributed by atoms with Crippen LogP contribution in [0, 0.1) is 28.8 Å². The van der Waals surface area contributed by atoms with Crippen molar-refractivity contribution >= 4 is 23.1 Å². The van der Waals surface area contributed by atoms with Crippen LogP contribution in [0.3, 0.4) is 0 Å². The van der Waals surface area contributed by atoms with Crippen LogP contribution in [0.1, 0.15) is 33.2 Å². The van der Waals surface area contributed by atoms with Crippen molar-refractivity contribution in [3.05, 3.63) is 82.7 Å². The number of nitrogens with one attached hydrogen (secondary N) is 1. The van der Waals surface area contributed by atoms with E-state index in [1.165, 1.54) is 0 Å². The largest absolute Gasteiger partial charge is 0.455 e. The van der Waals surface area contributed by atoms with E-state index in [-0.39, 0.29) is 22.6 Å².